The zero-order valence-electron chi connectivity index (χ0n) is 12.6. The van der Waals surface area contributed by atoms with Crippen molar-refractivity contribution in [3.05, 3.63) is 24.3 Å². The first-order valence-electron chi connectivity index (χ1n) is 6.48. The van der Waals surface area contributed by atoms with Crippen LogP contribution >= 0.6 is 0 Å². The average molecular weight is 309 g/mol. The van der Waals surface area contributed by atoms with E-state index in [0.29, 0.717) is 11.4 Å². The number of methoxy groups -OCH3 is 2. The Morgan fingerprint density at radius 3 is 2.18 bits per heavy atom. The molecular weight excluding hydrogens is 290 g/mol. The number of ether oxygens (including phenoxy) is 2. The second kappa shape index (κ2) is 8.75. The second-order valence-corrected chi connectivity index (χ2v) is 4.33. The number of hydrogen-bond donors (Lipinski definition) is 3. The highest BCUT2D eigenvalue weighted by molar-refractivity contribution is 6.39. The Balaban J connectivity index is 2.57. The van der Waals surface area contributed by atoms with Crippen LogP contribution in [0, 0.1) is 0 Å². The normalized spacial score (nSPS) is 10.2. The van der Waals surface area contributed by atoms with Crippen molar-refractivity contribution < 1.29 is 23.9 Å². The van der Waals surface area contributed by atoms with Crippen molar-refractivity contribution in [2.45, 2.75) is 13.2 Å². The summed E-state index contributed by atoms with van der Waals surface area (Å²) in [6.45, 7) is 1.42. The molecule has 1 rings (SSSR count). The van der Waals surface area contributed by atoms with Gasteiger partial charge in [-0.1, -0.05) is 6.07 Å². The van der Waals surface area contributed by atoms with E-state index in [-0.39, 0.29) is 12.5 Å². The summed E-state index contributed by atoms with van der Waals surface area (Å²) in [4.78, 5) is 34.4. The van der Waals surface area contributed by atoms with Gasteiger partial charge in [0.15, 0.2) is 6.29 Å². The van der Waals surface area contributed by atoms with E-state index in [0.717, 1.165) is 0 Å². The molecule has 0 fully saturated rings. The standard InChI is InChI=1S/C14H19N3O5/c1-9(18)16-10-5-4-6-11(7-10)17-14(20)13(19)15-8-12(21-2)22-3/h4-7,12H,8H2,1-3H3,(H,15,19)(H,16,18)(H,17,20). The summed E-state index contributed by atoms with van der Waals surface area (Å²) in [7, 11) is 2.85. The van der Waals surface area contributed by atoms with Crippen LogP contribution in [0.3, 0.4) is 0 Å². The predicted octanol–water partition coefficient (Wildman–Crippen LogP) is 0.319. The first kappa shape index (κ1) is 17.6. The quantitative estimate of drug-likeness (QED) is 0.518. The smallest absolute Gasteiger partial charge is 0.313 e. The second-order valence-electron chi connectivity index (χ2n) is 4.33. The molecule has 0 unspecified atom stereocenters. The third-order valence-corrected chi connectivity index (χ3v) is 2.60. The van der Waals surface area contributed by atoms with Gasteiger partial charge in [-0.3, -0.25) is 14.4 Å². The highest BCUT2D eigenvalue weighted by Gasteiger charge is 2.15. The van der Waals surface area contributed by atoms with Crippen molar-refractivity contribution in [2.24, 2.45) is 0 Å². The van der Waals surface area contributed by atoms with Crippen molar-refractivity contribution in [3.63, 3.8) is 0 Å². The minimum absolute atomic E-state index is 0.0468. The van der Waals surface area contributed by atoms with Gasteiger partial charge in [0.05, 0.1) is 6.54 Å². The molecule has 1 aromatic carbocycles. The number of carbonyl (C=O) groups is 3. The van der Waals surface area contributed by atoms with Crippen LogP contribution in [-0.2, 0) is 23.9 Å². The van der Waals surface area contributed by atoms with Crippen LogP contribution in [0.5, 0.6) is 0 Å². The van der Waals surface area contributed by atoms with E-state index in [4.69, 9.17) is 9.47 Å². The van der Waals surface area contributed by atoms with Gasteiger partial charge in [0.1, 0.15) is 0 Å². The van der Waals surface area contributed by atoms with Gasteiger partial charge in [-0.15, -0.1) is 0 Å². The molecule has 3 amide bonds. The molecule has 3 N–H and O–H groups in total. The minimum Gasteiger partial charge on any atom is -0.354 e. The fourth-order valence-corrected chi connectivity index (χ4v) is 1.59. The van der Waals surface area contributed by atoms with Crippen LogP contribution in [0.2, 0.25) is 0 Å². The van der Waals surface area contributed by atoms with E-state index < -0.39 is 18.1 Å². The molecule has 0 aliphatic carbocycles. The number of benzene rings is 1. The first-order valence-corrected chi connectivity index (χ1v) is 6.48. The molecule has 120 valence electrons. The molecule has 0 aliphatic heterocycles. The van der Waals surface area contributed by atoms with Gasteiger partial charge in [-0.05, 0) is 18.2 Å². The topological polar surface area (TPSA) is 106 Å². The Morgan fingerprint density at radius 2 is 1.64 bits per heavy atom. The number of carbonyl (C=O) groups excluding carboxylic acids is 3. The summed E-state index contributed by atoms with van der Waals surface area (Å²) in [5.74, 6) is -1.87. The van der Waals surface area contributed by atoms with Gasteiger partial charge in [0, 0.05) is 32.5 Å². The molecule has 0 aromatic heterocycles. The maximum absolute atomic E-state index is 11.7. The van der Waals surface area contributed by atoms with Gasteiger partial charge in [-0.2, -0.15) is 0 Å². The third-order valence-electron chi connectivity index (χ3n) is 2.60. The largest absolute Gasteiger partial charge is 0.354 e. The zero-order valence-corrected chi connectivity index (χ0v) is 12.6. The monoisotopic (exact) mass is 309 g/mol. The van der Waals surface area contributed by atoms with E-state index in [9.17, 15) is 14.4 Å². The number of nitrogens with one attached hydrogen (secondary N) is 3. The number of hydrogen-bond acceptors (Lipinski definition) is 5. The van der Waals surface area contributed by atoms with Gasteiger partial charge < -0.3 is 25.4 Å². The summed E-state index contributed by atoms with van der Waals surface area (Å²) < 4.78 is 9.78. The molecule has 0 radical (unpaired) electrons. The lowest BCUT2D eigenvalue weighted by atomic mass is 10.2. The predicted molar refractivity (Wildman–Crippen MR) is 80.2 cm³/mol. The molecule has 22 heavy (non-hydrogen) atoms. The van der Waals surface area contributed by atoms with Gasteiger partial charge >= 0.3 is 11.8 Å². The summed E-state index contributed by atoms with van der Waals surface area (Å²) in [5.41, 5.74) is 0.908. The minimum atomic E-state index is -0.828. The fraction of sp³-hybridized carbons (Fsp3) is 0.357. The Bertz CT molecular complexity index is 543. The molecule has 8 nitrogen and oxygen atoms in total. The number of anilines is 2. The lowest BCUT2D eigenvalue weighted by Crippen LogP contribution is -2.40. The third kappa shape index (κ3) is 5.90. The van der Waals surface area contributed by atoms with Crippen LogP contribution in [0.4, 0.5) is 11.4 Å². The van der Waals surface area contributed by atoms with Crippen molar-refractivity contribution in [1.29, 1.82) is 0 Å². The Hall–Kier alpha value is -2.45. The maximum Gasteiger partial charge on any atom is 0.313 e. The van der Waals surface area contributed by atoms with Crippen LogP contribution in [0.25, 0.3) is 0 Å². The van der Waals surface area contributed by atoms with Crippen LogP contribution in [0.15, 0.2) is 24.3 Å². The Morgan fingerprint density at radius 1 is 1.05 bits per heavy atom. The van der Waals surface area contributed by atoms with Crippen LogP contribution in [-0.4, -0.2) is 44.8 Å². The molecule has 0 saturated heterocycles. The molecule has 0 spiro atoms. The lowest BCUT2D eigenvalue weighted by molar-refractivity contribution is -0.139. The first-order chi connectivity index (χ1) is 10.5. The summed E-state index contributed by atoms with van der Waals surface area (Å²) in [5, 5.41) is 7.39. The summed E-state index contributed by atoms with van der Waals surface area (Å²) in [6, 6.07) is 6.45. The molecule has 0 bridgehead atoms. The van der Waals surface area contributed by atoms with Crippen LogP contribution in [0.1, 0.15) is 6.92 Å². The molecule has 1 aromatic rings. The van der Waals surface area contributed by atoms with Crippen LogP contribution < -0.4 is 16.0 Å². The Kier molecular flexibility index (Phi) is 7.00. The van der Waals surface area contributed by atoms with Gasteiger partial charge in [0.2, 0.25) is 5.91 Å². The van der Waals surface area contributed by atoms with Gasteiger partial charge in [0.25, 0.3) is 0 Å². The van der Waals surface area contributed by atoms with Crippen molar-refractivity contribution >= 4 is 29.1 Å². The van der Waals surface area contributed by atoms with Gasteiger partial charge in [-0.25, -0.2) is 0 Å². The summed E-state index contributed by atoms with van der Waals surface area (Å²) >= 11 is 0. The number of amides is 3. The average Bonchev–Trinajstić information content (AvgIpc) is 2.47. The molecule has 8 heteroatoms. The molecule has 0 heterocycles. The van der Waals surface area contributed by atoms with Crippen molar-refractivity contribution in [2.75, 3.05) is 31.4 Å². The van der Waals surface area contributed by atoms with E-state index in [1.165, 1.54) is 21.1 Å². The van der Waals surface area contributed by atoms with Crippen molar-refractivity contribution in [3.8, 4) is 0 Å². The lowest BCUT2D eigenvalue weighted by Gasteiger charge is -2.14. The molecule has 0 saturated carbocycles. The SMILES string of the molecule is COC(CNC(=O)C(=O)Nc1cccc(NC(C)=O)c1)OC. The fourth-order valence-electron chi connectivity index (χ4n) is 1.59. The Labute approximate surface area is 128 Å². The highest BCUT2D eigenvalue weighted by atomic mass is 16.7. The molecule has 0 atom stereocenters. The van der Waals surface area contributed by atoms with E-state index in [1.807, 2.05) is 0 Å². The molecular formula is C14H19N3O5. The molecule has 0 aliphatic rings. The van der Waals surface area contributed by atoms with E-state index >= 15 is 0 Å². The van der Waals surface area contributed by atoms with E-state index in [1.54, 1.807) is 24.3 Å². The summed E-state index contributed by atoms with van der Waals surface area (Å²) in [6.07, 6.45) is -0.625. The highest BCUT2D eigenvalue weighted by Crippen LogP contribution is 2.14. The van der Waals surface area contributed by atoms with Crippen molar-refractivity contribution in [1.82, 2.24) is 5.32 Å². The van der Waals surface area contributed by atoms with E-state index in [2.05, 4.69) is 16.0 Å². The maximum atomic E-state index is 11.7. The zero-order chi connectivity index (χ0) is 16.5. The number of rotatable bonds is 6.